The van der Waals surface area contributed by atoms with E-state index in [1.807, 2.05) is 0 Å². The lowest BCUT2D eigenvalue weighted by atomic mass is 10.4. The van der Waals surface area contributed by atoms with Crippen LogP contribution < -0.4 is 4.65 Å². The summed E-state index contributed by atoms with van der Waals surface area (Å²) in [5.41, 5.74) is 0. The van der Waals surface area contributed by atoms with Gasteiger partial charge in [-0.05, 0) is 66.2 Å². The highest BCUT2D eigenvalue weighted by molar-refractivity contribution is 9.13. The van der Waals surface area contributed by atoms with Gasteiger partial charge in [-0.25, -0.2) is 9.69 Å². The summed E-state index contributed by atoms with van der Waals surface area (Å²) in [5.74, 6) is -0.685. The van der Waals surface area contributed by atoms with E-state index >= 15 is 0 Å². The zero-order chi connectivity index (χ0) is 16.8. The average Bonchev–Trinajstić information content (AvgIpc) is 3.12. The minimum absolute atomic E-state index is 0.0123. The van der Waals surface area contributed by atoms with Crippen molar-refractivity contribution >= 4 is 70.2 Å². The first-order valence-corrected chi connectivity index (χ1v) is 9.53. The SMILES string of the molecule is CN1CC(OC(=O)c2occ(Br)c2Br)[N+]([O-])(c2ncc(Br)s2)C1. The van der Waals surface area contributed by atoms with Gasteiger partial charge in [-0.15, -0.1) is 0 Å². The fraction of sp³-hybridized carbons (Fsp3) is 0.333. The van der Waals surface area contributed by atoms with E-state index in [0.717, 1.165) is 3.79 Å². The van der Waals surface area contributed by atoms with Crippen LogP contribution in [0.15, 0.2) is 29.6 Å². The molecule has 0 saturated carbocycles. The predicted octanol–water partition coefficient (Wildman–Crippen LogP) is 3.91. The lowest BCUT2D eigenvalue weighted by molar-refractivity contribution is 0.00244. The number of rotatable bonds is 3. The largest absolute Gasteiger partial charge is 0.622 e. The lowest BCUT2D eigenvalue weighted by Crippen LogP contribution is -2.50. The lowest BCUT2D eigenvalue weighted by Gasteiger charge is -2.38. The Hall–Kier alpha value is -0.300. The number of aromatic nitrogens is 1. The Bertz CT molecular complexity index is 752. The van der Waals surface area contributed by atoms with E-state index in [4.69, 9.17) is 9.15 Å². The summed E-state index contributed by atoms with van der Waals surface area (Å²) >= 11 is 11.0. The zero-order valence-corrected chi connectivity index (χ0v) is 17.2. The van der Waals surface area contributed by atoms with Crippen LogP contribution in [-0.2, 0) is 4.74 Å². The van der Waals surface area contributed by atoms with Crippen molar-refractivity contribution in [3.05, 3.63) is 36.2 Å². The minimum atomic E-state index is -0.915. The van der Waals surface area contributed by atoms with E-state index in [0.29, 0.717) is 20.6 Å². The van der Waals surface area contributed by atoms with E-state index in [2.05, 4.69) is 52.8 Å². The Morgan fingerprint density at radius 1 is 1.57 bits per heavy atom. The highest BCUT2D eigenvalue weighted by Crippen LogP contribution is 2.37. The van der Waals surface area contributed by atoms with Crippen LogP contribution in [0.25, 0.3) is 0 Å². The van der Waals surface area contributed by atoms with Gasteiger partial charge in [0.05, 0.1) is 25.5 Å². The summed E-state index contributed by atoms with van der Waals surface area (Å²) in [5, 5.41) is 13.5. The molecule has 0 N–H and O–H groups in total. The van der Waals surface area contributed by atoms with Gasteiger partial charge in [0.2, 0.25) is 5.76 Å². The normalized spacial score (nSPS) is 25.0. The van der Waals surface area contributed by atoms with Crippen molar-refractivity contribution in [3.63, 3.8) is 0 Å². The topological polar surface area (TPSA) is 78.6 Å². The van der Waals surface area contributed by atoms with Crippen LogP contribution in [0.4, 0.5) is 5.13 Å². The Labute approximate surface area is 160 Å². The third-order valence-corrected chi connectivity index (χ3v) is 6.78. The summed E-state index contributed by atoms with van der Waals surface area (Å²) in [4.78, 5) is 18.2. The average molecular weight is 532 g/mol. The number of thiazole rings is 1. The standard InChI is InChI=1S/C12H10Br3N3O4S/c1-17-3-8(18(20,5-17)12-16-2-7(14)23-12)22-11(19)10-9(15)6(13)4-21-10/h2,4,8H,3,5H2,1H3. The van der Waals surface area contributed by atoms with E-state index in [9.17, 15) is 10.0 Å². The molecule has 0 aliphatic carbocycles. The van der Waals surface area contributed by atoms with Crippen LogP contribution >= 0.6 is 59.1 Å². The second-order valence-corrected chi connectivity index (χ2v) is 9.04. The van der Waals surface area contributed by atoms with Gasteiger partial charge in [0.25, 0.3) is 11.4 Å². The third kappa shape index (κ3) is 3.28. The van der Waals surface area contributed by atoms with Crippen molar-refractivity contribution in [3.8, 4) is 0 Å². The maximum absolute atomic E-state index is 13.2. The quantitative estimate of drug-likeness (QED) is 0.339. The van der Waals surface area contributed by atoms with Crippen LogP contribution in [-0.4, -0.2) is 42.3 Å². The molecule has 2 unspecified atom stereocenters. The number of quaternary nitrogens is 1. The molecule has 2 aromatic rings. The number of nitrogens with zero attached hydrogens (tertiary/aromatic N) is 3. The fourth-order valence-electron chi connectivity index (χ4n) is 2.27. The van der Waals surface area contributed by atoms with Crippen molar-refractivity contribution in [2.45, 2.75) is 6.23 Å². The van der Waals surface area contributed by atoms with E-state index in [1.165, 1.54) is 17.6 Å². The van der Waals surface area contributed by atoms with Gasteiger partial charge in [-0.3, -0.25) is 4.65 Å². The third-order valence-electron chi connectivity index (χ3n) is 3.29. The van der Waals surface area contributed by atoms with Crippen molar-refractivity contribution in [1.29, 1.82) is 0 Å². The number of esters is 1. The van der Waals surface area contributed by atoms with Crippen LogP contribution in [0.5, 0.6) is 0 Å². The second kappa shape index (κ2) is 6.54. The number of hydrogen-bond acceptors (Lipinski definition) is 7. The summed E-state index contributed by atoms with van der Waals surface area (Å²) in [7, 11) is 1.79. The number of halogens is 3. The molecule has 2 aromatic heterocycles. The van der Waals surface area contributed by atoms with Crippen LogP contribution in [0.1, 0.15) is 10.6 Å². The first-order chi connectivity index (χ1) is 10.8. The molecule has 2 atom stereocenters. The van der Waals surface area contributed by atoms with Gasteiger partial charge in [-0.2, -0.15) is 4.98 Å². The molecule has 1 saturated heterocycles. The predicted molar refractivity (Wildman–Crippen MR) is 95.8 cm³/mol. The molecule has 0 bridgehead atoms. The molecule has 1 aliphatic rings. The molecule has 0 spiro atoms. The Balaban J connectivity index is 1.85. The number of furan rings is 1. The number of carbonyl (C=O) groups is 1. The van der Waals surface area contributed by atoms with Crippen LogP contribution in [0, 0.1) is 5.21 Å². The molecule has 11 heteroatoms. The van der Waals surface area contributed by atoms with E-state index in [-0.39, 0.29) is 12.4 Å². The maximum Gasteiger partial charge on any atom is 0.380 e. The van der Waals surface area contributed by atoms with Gasteiger partial charge in [0.15, 0.2) is 0 Å². The van der Waals surface area contributed by atoms with Crippen molar-refractivity contribution in [2.24, 2.45) is 0 Å². The molecular formula is C12H10Br3N3O4S. The zero-order valence-electron chi connectivity index (χ0n) is 11.7. The first-order valence-electron chi connectivity index (χ1n) is 6.34. The second-order valence-electron chi connectivity index (χ2n) is 5.01. The fourth-order valence-corrected chi connectivity index (χ4v) is 4.14. The van der Waals surface area contributed by atoms with E-state index in [1.54, 1.807) is 18.1 Å². The minimum Gasteiger partial charge on any atom is -0.622 e. The van der Waals surface area contributed by atoms with Gasteiger partial charge >= 0.3 is 5.97 Å². The molecule has 0 radical (unpaired) electrons. The molecular weight excluding hydrogens is 522 g/mol. The number of hydroxylamine groups is 2. The molecule has 0 aromatic carbocycles. The highest BCUT2D eigenvalue weighted by Gasteiger charge is 2.45. The maximum atomic E-state index is 13.2. The van der Waals surface area contributed by atoms with Gasteiger partial charge < -0.3 is 14.4 Å². The van der Waals surface area contributed by atoms with E-state index < -0.39 is 16.8 Å². The Kier molecular flexibility index (Phi) is 4.98. The molecule has 1 aliphatic heterocycles. The first kappa shape index (κ1) is 17.5. The number of carbonyl (C=O) groups excluding carboxylic acids is 1. The Morgan fingerprint density at radius 2 is 2.30 bits per heavy atom. The van der Waals surface area contributed by atoms with Crippen molar-refractivity contribution in [1.82, 2.24) is 14.5 Å². The van der Waals surface area contributed by atoms with Crippen LogP contribution in [0.3, 0.4) is 0 Å². The number of hydrogen-bond donors (Lipinski definition) is 0. The van der Waals surface area contributed by atoms with Gasteiger partial charge in [-0.1, -0.05) is 0 Å². The van der Waals surface area contributed by atoms with Crippen molar-refractivity contribution < 1.29 is 13.9 Å². The molecule has 124 valence electrons. The molecule has 3 heterocycles. The van der Waals surface area contributed by atoms with Crippen LogP contribution in [0.2, 0.25) is 0 Å². The highest BCUT2D eigenvalue weighted by atomic mass is 79.9. The smallest absolute Gasteiger partial charge is 0.380 e. The molecule has 23 heavy (non-hydrogen) atoms. The Morgan fingerprint density at radius 3 is 2.87 bits per heavy atom. The molecule has 0 amide bonds. The summed E-state index contributed by atoms with van der Waals surface area (Å²) < 4.78 is 11.6. The van der Waals surface area contributed by atoms with Gasteiger partial charge in [0.1, 0.15) is 12.9 Å². The summed E-state index contributed by atoms with van der Waals surface area (Å²) in [6.45, 7) is 0.465. The summed E-state index contributed by atoms with van der Waals surface area (Å²) in [6.07, 6.45) is 2.02. The molecule has 7 nitrogen and oxygen atoms in total. The summed E-state index contributed by atoms with van der Waals surface area (Å²) in [6, 6.07) is 0. The molecule has 3 rings (SSSR count). The van der Waals surface area contributed by atoms with Gasteiger partial charge in [0, 0.05) is 0 Å². The molecule has 1 fully saturated rings. The van der Waals surface area contributed by atoms with Crippen molar-refractivity contribution in [2.75, 3.05) is 20.3 Å². The number of likely N-dealkylation sites (N-methyl/N-ethyl adjacent to an activating group) is 1. The number of ether oxygens (including phenoxy) is 1. The monoisotopic (exact) mass is 529 g/mol.